The highest BCUT2D eigenvalue weighted by Crippen LogP contribution is 2.29. The van der Waals surface area contributed by atoms with Gasteiger partial charge in [0, 0.05) is 11.8 Å². The number of ketones is 1. The third-order valence-corrected chi connectivity index (χ3v) is 2.51. The summed E-state index contributed by atoms with van der Waals surface area (Å²) in [7, 11) is 0. The average molecular weight is 272 g/mol. The number of Topliss-reactive ketones (excluding diaryl/α,β-unsaturated/α-hetero) is 1. The number of aromatic nitrogens is 2. The molecule has 100 valence electrons. The summed E-state index contributed by atoms with van der Waals surface area (Å²) in [6, 6.07) is 3.50. The molecule has 2 aromatic rings. The van der Waals surface area contributed by atoms with Crippen LogP contribution in [0.15, 0.2) is 30.6 Å². The zero-order chi connectivity index (χ0) is 14.2. The minimum absolute atomic E-state index is 0.143. The summed E-state index contributed by atoms with van der Waals surface area (Å²) in [5, 5.41) is 3.46. The summed E-state index contributed by atoms with van der Waals surface area (Å²) in [6.45, 7) is 1.27. The zero-order valence-electron chi connectivity index (χ0n) is 9.70. The van der Waals surface area contributed by atoms with E-state index in [1.807, 2.05) is 0 Å². The first-order valence-electron chi connectivity index (χ1n) is 5.22. The van der Waals surface area contributed by atoms with Crippen LogP contribution < -0.4 is 0 Å². The van der Waals surface area contributed by atoms with Crippen LogP contribution in [0.4, 0.5) is 17.6 Å². The van der Waals surface area contributed by atoms with Gasteiger partial charge in [-0.2, -0.15) is 18.3 Å². The van der Waals surface area contributed by atoms with Crippen LogP contribution in [-0.2, 0) is 6.18 Å². The van der Waals surface area contributed by atoms with Crippen molar-refractivity contribution in [1.29, 1.82) is 0 Å². The fourth-order valence-electron chi connectivity index (χ4n) is 1.51. The van der Waals surface area contributed by atoms with Gasteiger partial charge in [-0.3, -0.25) is 4.79 Å². The van der Waals surface area contributed by atoms with Gasteiger partial charge in [0.1, 0.15) is 11.5 Å². The fraction of sp³-hybridized carbons (Fsp3) is 0.167. The van der Waals surface area contributed by atoms with E-state index in [0.29, 0.717) is 12.4 Å². The van der Waals surface area contributed by atoms with Crippen molar-refractivity contribution in [1.82, 2.24) is 9.78 Å². The first-order chi connectivity index (χ1) is 8.79. The summed E-state index contributed by atoms with van der Waals surface area (Å²) in [4.78, 5) is 11.0. The number of nitrogens with zero attached hydrogens (tertiary/aromatic N) is 2. The Labute approximate surface area is 105 Å². The summed E-state index contributed by atoms with van der Waals surface area (Å²) < 4.78 is 51.7. The number of rotatable bonds is 2. The number of alkyl halides is 3. The molecular weight excluding hydrogens is 264 g/mol. The van der Waals surface area contributed by atoms with E-state index in [1.165, 1.54) is 19.1 Å². The Hall–Kier alpha value is -2.18. The van der Waals surface area contributed by atoms with Gasteiger partial charge in [-0.1, -0.05) is 0 Å². The number of halogens is 4. The number of hydrogen-bond donors (Lipinski definition) is 0. The Morgan fingerprint density at radius 2 is 2.00 bits per heavy atom. The monoisotopic (exact) mass is 272 g/mol. The van der Waals surface area contributed by atoms with E-state index in [1.54, 1.807) is 0 Å². The maximum atomic E-state index is 13.7. The second kappa shape index (κ2) is 4.49. The minimum Gasteiger partial charge on any atom is -0.295 e. The van der Waals surface area contributed by atoms with Gasteiger partial charge >= 0.3 is 6.18 Å². The standard InChI is InChI=1S/C12H8F4N2O/c1-7(19)8-2-3-11(10(13)4-8)18-6-9(5-17-18)12(14,15)16/h2-6H,1H3. The van der Waals surface area contributed by atoms with E-state index in [0.717, 1.165) is 10.7 Å². The van der Waals surface area contributed by atoms with Crippen molar-refractivity contribution in [3.63, 3.8) is 0 Å². The molecule has 1 heterocycles. The smallest absolute Gasteiger partial charge is 0.295 e. The molecule has 0 radical (unpaired) electrons. The van der Waals surface area contributed by atoms with Crippen molar-refractivity contribution in [2.45, 2.75) is 13.1 Å². The van der Waals surface area contributed by atoms with Crippen molar-refractivity contribution in [3.8, 4) is 5.69 Å². The first-order valence-corrected chi connectivity index (χ1v) is 5.22. The lowest BCUT2D eigenvalue weighted by Crippen LogP contribution is -2.04. The second-order valence-electron chi connectivity index (χ2n) is 3.89. The topological polar surface area (TPSA) is 34.9 Å². The lowest BCUT2D eigenvalue weighted by molar-refractivity contribution is -0.137. The average Bonchev–Trinajstić information content (AvgIpc) is 2.77. The number of carbonyl (C=O) groups excluding carboxylic acids is 1. The van der Waals surface area contributed by atoms with Gasteiger partial charge in [0.2, 0.25) is 0 Å². The van der Waals surface area contributed by atoms with Crippen molar-refractivity contribution >= 4 is 5.78 Å². The van der Waals surface area contributed by atoms with Crippen molar-refractivity contribution in [3.05, 3.63) is 47.5 Å². The van der Waals surface area contributed by atoms with E-state index >= 15 is 0 Å². The van der Waals surface area contributed by atoms with Crippen LogP contribution >= 0.6 is 0 Å². The predicted octanol–water partition coefficient (Wildman–Crippen LogP) is 3.23. The van der Waals surface area contributed by atoms with Crippen molar-refractivity contribution in [2.24, 2.45) is 0 Å². The van der Waals surface area contributed by atoms with E-state index in [2.05, 4.69) is 5.10 Å². The molecule has 0 bridgehead atoms. The molecule has 0 saturated carbocycles. The highest BCUT2D eigenvalue weighted by Gasteiger charge is 2.32. The quantitative estimate of drug-likeness (QED) is 0.621. The lowest BCUT2D eigenvalue weighted by Gasteiger charge is -2.05. The number of carbonyl (C=O) groups is 1. The molecule has 0 aliphatic rings. The third-order valence-electron chi connectivity index (χ3n) is 2.51. The molecule has 1 aromatic heterocycles. The van der Waals surface area contributed by atoms with Gasteiger partial charge < -0.3 is 0 Å². The zero-order valence-corrected chi connectivity index (χ0v) is 9.70. The molecule has 0 saturated heterocycles. The molecule has 0 fully saturated rings. The Bertz CT molecular complexity index is 631. The molecule has 7 heteroatoms. The molecule has 19 heavy (non-hydrogen) atoms. The Balaban J connectivity index is 2.43. The summed E-state index contributed by atoms with van der Waals surface area (Å²) >= 11 is 0. The van der Waals surface area contributed by atoms with Gasteiger partial charge in [-0.15, -0.1) is 0 Å². The minimum atomic E-state index is -4.53. The number of hydrogen-bond acceptors (Lipinski definition) is 2. The lowest BCUT2D eigenvalue weighted by atomic mass is 10.1. The van der Waals surface area contributed by atoms with Crippen LogP contribution in [0, 0.1) is 5.82 Å². The van der Waals surface area contributed by atoms with Crippen LogP contribution in [0.3, 0.4) is 0 Å². The first kappa shape index (κ1) is 13.3. The summed E-state index contributed by atoms with van der Waals surface area (Å²) in [5.41, 5.74) is -0.979. The van der Waals surface area contributed by atoms with Crippen LogP contribution in [0.25, 0.3) is 5.69 Å². The Kier molecular flexibility index (Phi) is 3.13. The molecule has 2 rings (SSSR count). The summed E-state index contributed by atoms with van der Waals surface area (Å²) in [6.07, 6.45) is -3.24. The molecule has 0 atom stereocenters. The van der Waals surface area contributed by atoms with Gasteiger partial charge in [0.25, 0.3) is 0 Å². The second-order valence-corrected chi connectivity index (χ2v) is 3.89. The molecule has 0 spiro atoms. The molecular formula is C12H8F4N2O. The SMILES string of the molecule is CC(=O)c1ccc(-n2cc(C(F)(F)F)cn2)c(F)c1. The van der Waals surface area contributed by atoms with E-state index in [9.17, 15) is 22.4 Å². The van der Waals surface area contributed by atoms with E-state index in [-0.39, 0.29) is 17.0 Å². The van der Waals surface area contributed by atoms with Crippen LogP contribution in [-0.4, -0.2) is 15.6 Å². The van der Waals surface area contributed by atoms with Gasteiger partial charge in [-0.05, 0) is 25.1 Å². The van der Waals surface area contributed by atoms with Gasteiger partial charge in [-0.25, -0.2) is 9.07 Å². The molecule has 0 unspecified atom stereocenters. The maximum Gasteiger partial charge on any atom is 0.419 e. The van der Waals surface area contributed by atoms with E-state index in [4.69, 9.17) is 0 Å². The van der Waals surface area contributed by atoms with Gasteiger partial charge in [0.15, 0.2) is 5.78 Å². The molecule has 3 nitrogen and oxygen atoms in total. The molecule has 0 aliphatic heterocycles. The van der Waals surface area contributed by atoms with Crippen LogP contribution in [0.1, 0.15) is 22.8 Å². The Morgan fingerprint density at radius 3 is 2.47 bits per heavy atom. The van der Waals surface area contributed by atoms with Crippen LogP contribution in [0.5, 0.6) is 0 Å². The highest BCUT2D eigenvalue weighted by molar-refractivity contribution is 5.94. The van der Waals surface area contributed by atoms with Crippen LogP contribution in [0.2, 0.25) is 0 Å². The Morgan fingerprint density at radius 1 is 1.32 bits per heavy atom. The predicted molar refractivity (Wildman–Crippen MR) is 58.5 cm³/mol. The molecule has 1 aromatic carbocycles. The maximum absolute atomic E-state index is 13.7. The van der Waals surface area contributed by atoms with Crippen molar-refractivity contribution < 1.29 is 22.4 Å². The normalized spacial score (nSPS) is 11.6. The third kappa shape index (κ3) is 2.64. The van der Waals surface area contributed by atoms with Gasteiger partial charge in [0.05, 0.1) is 11.8 Å². The summed E-state index contributed by atoms with van der Waals surface area (Å²) in [5.74, 6) is -1.15. The molecule has 0 N–H and O–H groups in total. The largest absolute Gasteiger partial charge is 0.419 e. The molecule has 0 aliphatic carbocycles. The molecule has 0 amide bonds. The van der Waals surface area contributed by atoms with E-state index < -0.39 is 17.6 Å². The fourth-order valence-corrected chi connectivity index (χ4v) is 1.51. The highest BCUT2D eigenvalue weighted by atomic mass is 19.4. The van der Waals surface area contributed by atoms with Crippen molar-refractivity contribution in [2.75, 3.05) is 0 Å². The number of benzene rings is 1.